The molecule has 0 saturated heterocycles. The maximum absolute atomic E-state index is 9.63. The van der Waals surface area contributed by atoms with Gasteiger partial charge in [-0.2, -0.15) is 0 Å². The van der Waals surface area contributed by atoms with Crippen LogP contribution < -0.4 is 0 Å². The van der Waals surface area contributed by atoms with E-state index in [1.54, 1.807) is 7.11 Å². The fourth-order valence-corrected chi connectivity index (χ4v) is 1.55. The summed E-state index contributed by atoms with van der Waals surface area (Å²) in [6.07, 6.45) is 2.42. The van der Waals surface area contributed by atoms with Gasteiger partial charge in [-0.25, -0.2) is 0 Å². The number of methoxy groups -OCH3 is 1. The second-order valence-electron chi connectivity index (χ2n) is 4.64. The zero-order valence-corrected chi connectivity index (χ0v) is 11.5. The monoisotopic (exact) mass is 248 g/mol. The van der Waals surface area contributed by atoms with Gasteiger partial charge < -0.3 is 19.3 Å². The Morgan fingerprint density at radius 1 is 0.941 bits per heavy atom. The fourth-order valence-electron chi connectivity index (χ4n) is 1.55. The first-order valence-electron chi connectivity index (χ1n) is 6.49. The average Bonchev–Trinajstić information content (AvgIpc) is 2.26. The Bertz CT molecular complexity index is 150. The predicted molar refractivity (Wildman–Crippen MR) is 68.2 cm³/mol. The molecule has 0 bridgehead atoms. The van der Waals surface area contributed by atoms with Crippen molar-refractivity contribution < 1.29 is 19.3 Å². The van der Waals surface area contributed by atoms with Crippen molar-refractivity contribution in [2.24, 2.45) is 5.92 Å². The molecule has 0 amide bonds. The van der Waals surface area contributed by atoms with E-state index in [4.69, 9.17) is 14.2 Å². The summed E-state index contributed by atoms with van der Waals surface area (Å²) in [5.74, 6) is 0.556. The van der Waals surface area contributed by atoms with E-state index in [0.717, 1.165) is 19.3 Å². The third kappa shape index (κ3) is 13.8. The van der Waals surface area contributed by atoms with E-state index >= 15 is 0 Å². The second-order valence-corrected chi connectivity index (χ2v) is 4.64. The molecule has 1 atom stereocenters. The van der Waals surface area contributed by atoms with Crippen molar-refractivity contribution in [3.05, 3.63) is 0 Å². The number of hydrogen-bond donors (Lipinski definition) is 1. The van der Waals surface area contributed by atoms with Crippen molar-refractivity contribution in [2.45, 2.75) is 39.2 Å². The minimum absolute atomic E-state index is 0.184. The summed E-state index contributed by atoms with van der Waals surface area (Å²) >= 11 is 0. The molecule has 4 nitrogen and oxygen atoms in total. The summed E-state index contributed by atoms with van der Waals surface area (Å²) in [5, 5.41) is 9.63. The molecular formula is C13H28O4. The van der Waals surface area contributed by atoms with Crippen LogP contribution in [0, 0.1) is 5.92 Å². The van der Waals surface area contributed by atoms with Gasteiger partial charge in [-0.3, -0.25) is 0 Å². The molecule has 0 radical (unpaired) electrons. The molecule has 0 heterocycles. The second kappa shape index (κ2) is 12.3. The molecule has 4 heteroatoms. The van der Waals surface area contributed by atoms with Crippen LogP contribution >= 0.6 is 0 Å². The molecule has 17 heavy (non-hydrogen) atoms. The Morgan fingerprint density at radius 2 is 1.53 bits per heavy atom. The zero-order valence-electron chi connectivity index (χ0n) is 11.5. The molecule has 0 rings (SSSR count). The van der Waals surface area contributed by atoms with Crippen LogP contribution in [0.25, 0.3) is 0 Å². The maximum atomic E-state index is 9.63. The highest BCUT2D eigenvalue weighted by Gasteiger charge is 2.06. The zero-order chi connectivity index (χ0) is 12.9. The molecule has 104 valence electrons. The van der Waals surface area contributed by atoms with Gasteiger partial charge >= 0.3 is 0 Å². The lowest BCUT2D eigenvalue weighted by molar-refractivity contribution is 0.0213. The van der Waals surface area contributed by atoms with Crippen LogP contribution in [0.3, 0.4) is 0 Å². The Balaban J connectivity index is 3.07. The summed E-state index contributed by atoms with van der Waals surface area (Å²) in [5.41, 5.74) is 0. The number of aliphatic hydroxyl groups excluding tert-OH is 1. The summed E-state index contributed by atoms with van der Waals surface area (Å²) in [7, 11) is 1.66. The van der Waals surface area contributed by atoms with Crippen LogP contribution in [0.4, 0.5) is 0 Å². The van der Waals surface area contributed by atoms with Crippen molar-refractivity contribution in [2.75, 3.05) is 40.1 Å². The van der Waals surface area contributed by atoms with E-state index in [1.165, 1.54) is 0 Å². The van der Waals surface area contributed by atoms with Gasteiger partial charge in [-0.05, 0) is 25.2 Å². The number of ether oxygens (including phenoxy) is 3. The minimum Gasteiger partial charge on any atom is -0.393 e. The van der Waals surface area contributed by atoms with Gasteiger partial charge in [0.05, 0.1) is 32.5 Å². The highest BCUT2D eigenvalue weighted by atomic mass is 16.5. The van der Waals surface area contributed by atoms with Crippen molar-refractivity contribution >= 4 is 0 Å². The smallest absolute Gasteiger partial charge is 0.0701 e. The highest BCUT2D eigenvalue weighted by Crippen LogP contribution is 2.09. The molecule has 1 unspecified atom stereocenters. The fraction of sp³-hybridized carbons (Fsp3) is 1.00. The van der Waals surface area contributed by atoms with Crippen LogP contribution in [0.15, 0.2) is 0 Å². The largest absolute Gasteiger partial charge is 0.393 e. The molecule has 0 aromatic carbocycles. The van der Waals surface area contributed by atoms with Crippen molar-refractivity contribution in [3.63, 3.8) is 0 Å². The standard InChI is InChI=1S/C13H28O4/c1-12(2)11-13(14)5-4-6-16-9-10-17-8-7-15-3/h12-14H,4-11H2,1-3H3. The van der Waals surface area contributed by atoms with E-state index in [-0.39, 0.29) is 6.10 Å². The molecule has 0 aromatic rings. The highest BCUT2D eigenvalue weighted by molar-refractivity contribution is 4.58. The third-order valence-corrected chi connectivity index (χ3v) is 2.37. The van der Waals surface area contributed by atoms with Crippen molar-refractivity contribution in [3.8, 4) is 0 Å². The lowest BCUT2D eigenvalue weighted by atomic mass is 10.0. The quantitative estimate of drug-likeness (QED) is 0.535. The summed E-state index contributed by atoms with van der Waals surface area (Å²) in [6.45, 7) is 7.41. The number of aliphatic hydroxyl groups is 1. The third-order valence-electron chi connectivity index (χ3n) is 2.37. The topological polar surface area (TPSA) is 47.9 Å². The van der Waals surface area contributed by atoms with Gasteiger partial charge in [-0.1, -0.05) is 13.8 Å². The van der Waals surface area contributed by atoms with Gasteiger partial charge in [0.25, 0.3) is 0 Å². The molecule has 0 spiro atoms. The number of hydrogen-bond acceptors (Lipinski definition) is 4. The van der Waals surface area contributed by atoms with Gasteiger partial charge in [-0.15, -0.1) is 0 Å². The molecular weight excluding hydrogens is 220 g/mol. The lowest BCUT2D eigenvalue weighted by Gasteiger charge is -2.12. The molecule has 1 N–H and O–H groups in total. The van der Waals surface area contributed by atoms with Crippen LogP contribution in [-0.4, -0.2) is 51.4 Å². The van der Waals surface area contributed by atoms with Crippen LogP contribution in [0.2, 0.25) is 0 Å². The molecule has 0 aromatic heterocycles. The van der Waals surface area contributed by atoms with E-state index in [9.17, 15) is 5.11 Å². The summed E-state index contributed by atoms with van der Waals surface area (Å²) in [4.78, 5) is 0. The first-order valence-corrected chi connectivity index (χ1v) is 6.49. The van der Waals surface area contributed by atoms with Gasteiger partial charge in [0.2, 0.25) is 0 Å². The minimum atomic E-state index is -0.184. The van der Waals surface area contributed by atoms with Crippen LogP contribution in [0.5, 0.6) is 0 Å². The van der Waals surface area contributed by atoms with E-state index in [0.29, 0.717) is 39.0 Å². The van der Waals surface area contributed by atoms with Crippen molar-refractivity contribution in [1.82, 2.24) is 0 Å². The van der Waals surface area contributed by atoms with E-state index in [1.807, 2.05) is 0 Å². The first-order chi connectivity index (χ1) is 8.16. The number of rotatable bonds is 12. The Hall–Kier alpha value is -0.160. The van der Waals surface area contributed by atoms with Gasteiger partial charge in [0.15, 0.2) is 0 Å². The Kier molecular flexibility index (Phi) is 12.2. The van der Waals surface area contributed by atoms with Gasteiger partial charge in [0, 0.05) is 13.7 Å². The van der Waals surface area contributed by atoms with Gasteiger partial charge in [0.1, 0.15) is 0 Å². The average molecular weight is 248 g/mol. The normalized spacial score (nSPS) is 13.2. The predicted octanol–water partition coefficient (Wildman–Crippen LogP) is 1.85. The van der Waals surface area contributed by atoms with E-state index in [2.05, 4.69) is 13.8 Å². The lowest BCUT2D eigenvalue weighted by Crippen LogP contribution is -2.12. The SMILES string of the molecule is COCCOCCOCCCC(O)CC(C)C. The first kappa shape index (κ1) is 16.8. The summed E-state index contributed by atoms with van der Waals surface area (Å²) in [6, 6.07) is 0. The Morgan fingerprint density at radius 3 is 2.12 bits per heavy atom. The van der Waals surface area contributed by atoms with Crippen molar-refractivity contribution in [1.29, 1.82) is 0 Å². The summed E-state index contributed by atoms with van der Waals surface area (Å²) < 4.78 is 15.5. The van der Waals surface area contributed by atoms with Crippen LogP contribution in [-0.2, 0) is 14.2 Å². The molecule has 0 aliphatic carbocycles. The molecule has 0 aliphatic rings. The maximum Gasteiger partial charge on any atom is 0.0701 e. The van der Waals surface area contributed by atoms with Crippen LogP contribution in [0.1, 0.15) is 33.1 Å². The Labute approximate surface area is 105 Å². The molecule has 0 saturated carbocycles. The molecule has 0 fully saturated rings. The van der Waals surface area contributed by atoms with E-state index < -0.39 is 0 Å². The molecule has 0 aliphatic heterocycles.